The van der Waals surface area contributed by atoms with Gasteiger partial charge < -0.3 is 0 Å². The Bertz CT molecular complexity index is 632. The molecule has 0 spiro atoms. The molecule has 0 saturated heterocycles. The van der Waals surface area contributed by atoms with Crippen molar-refractivity contribution in [3.05, 3.63) is 46.2 Å². The molecule has 0 heterocycles. The Labute approximate surface area is 205 Å². The van der Waals surface area contributed by atoms with Crippen molar-refractivity contribution in [1.82, 2.24) is 0 Å². The Hall–Kier alpha value is 0.0938. The lowest BCUT2D eigenvalue weighted by atomic mass is 10.1. The van der Waals surface area contributed by atoms with Crippen LogP contribution in [0.25, 0.3) is 0 Å². The van der Waals surface area contributed by atoms with Crippen molar-refractivity contribution < 1.29 is 0 Å². The molecule has 0 aliphatic carbocycles. The Balaban J connectivity index is 3.49. The van der Waals surface area contributed by atoms with Crippen molar-refractivity contribution in [1.29, 1.82) is 0 Å². The predicted octanol–water partition coefficient (Wildman–Crippen LogP) is 10.9. The fourth-order valence-electron chi connectivity index (χ4n) is 6.06. The largest absolute Gasteiger partial charge is 0.157 e. The van der Waals surface area contributed by atoms with Gasteiger partial charge in [-0.2, -0.15) is 22.4 Å². The molecule has 0 aliphatic rings. The average Bonchev–Trinajstić information content (AvgIpc) is 2.65. The highest BCUT2D eigenvalue weighted by Crippen LogP contribution is 2.54. The maximum atomic E-state index is 2.65. The first-order valence-corrected chi connectivity index (χ1v) is 20.0. The van der Waals surface area contributed by atoms with Gasteiger partial charge in [-0.15, -0.1) is 0 Å². The maximum absolute atomic E-state index is 2.65. The summed E-state index contributed by atoms with van der Waals surface area (Å²) < 4.78 is 0. The Kier molecular flexibility index (Phi) is 11.8. The van der Waals surface area contributed by atoms with Crippen molar-refractivity contribution in [2.45, 2.75) is 123 Å². The molecule has 0 aromatic heterocycles. The molecule has 178 valence electrons. The van der Waals surface area contributed by atoms with Gasteiger partial charge in [0.1, 0.15) is 14.4 Å². The first kappa shape index (κ1) is 29.1. The highest BCUT2D eigenvalue weighted by molar-refractivity contribution is 8.34. The molecule has 0 unspecified atom stereocenters. The molecular weight excluding hydrogens is 445 g/mol. The predicted molar refractivity (Wildman–Crippen MR) is 156 cm³/mol. The summed E-state index contributed by atoms with van der Waals surface area (Å²) in [5.74, 6) is 0. The lowest BCUT2D eigenvalue weighted by Gasteiger charge is -2.44. The van der Waals surface area contributed by atoms with Gasteiger partial charge in [-0.25, -0.2) is 0 Å². The Morgan fingerprint density at radius 3 is 1.39 bits per heavy atom. The zero-order valence-corrected chi connectivity index (χ0v) is 26.1. The van der Waals surface area contributed by atoms with Gasteiger partial charge in [0.15, 0.2) is 0 Å². The highest BCUT2D eigenvalue weighted by Gasteiger charge is 2.46. The summed E-state index contributed by atoms with van der Waals surface area (Å²) in [6, 6.07) is 11.1. The van der Waals surface area contributed by atoms with E-state index < -0.39 is 14.4 Å². The minimum Gasteiger partial charge on any atom is -0.157 e. The van der Waals surface area contributed by atoms with Gasteiger partial charge in [0, 0.05) is 6.42 Å². The lowest BCUT2D eigenvalue weighted by molar-refractivity contribution is 0.851. The van der Waals surface area contributed by atoms with Gasteiger partial charge in [0.05, 0.1) is 0 Å². The topological polar surface area (TPSA) is 0 Å². The summed E-state index contributed by atoms with van der Waals surface area (Å²) >= 11 is 4.61. The average molecular weight is 495 g/mol. The number of rotatable bonds is 12. The maximum Gasteiger partial charge on any atom is 0.130 e. The molecule has 31 heavy (non-hydrogen) atoms. The van der Waals surface area contributed by atoms with E-state index in [0.717, 1.165) is 39.7 Å². The van der Waals surface area contributed by atoms with Gasteiger partial charge in [-0.05, 0) is 49.1 Å². The van der Waals surface area contributed by atoms with E-state index in [-0.39, 0.29) is 0 Å². The molecule has 1 aromatic carbocycles. The molecule has 1 rings (SSSR count). The van der Waals surface area contributed by atoms with Gasteiger partial charge >= 0.3 is 0 Å². The van der Waals surface area contributed by atoms with Crippen molar-refractivity contribution in [2.75, 3.05) is 0 Å². The molecule has 0 saturated carbocycles. The van der Waals surface area contributed by atoms with Crippen LogP contribution in [0.1, 0.15) is 88.6 Å². The smallest absolute Gasteiger partial charge is 0.130 e. The van der Waals surface area contributed by atoms with Crippen LogP contribution in [-0.4, -0.2) is 14.4 Å². The SMILES string of the molecule is CC(C)[Si](S/C=C(\Cc1ccccc1)S[Si](C(C)C)(C(C)C)C(C)C)(C(C)C)C(C)C. The second-order valence-corrected chi connectivity index (χ2v) is 28.2. The molecule has 0 radical (unpaired) electrons. The zero-order valence-electron chi connectivity index (χ0n) is 22.5. The molecule has 0 bridgehead atoms. The van der Waals surface area contributed by atoms with E-state index >= 15 is 0 Å². The number of benzene rings is 1. The minimum absolute atomic E-state index is 0.768. The van der Waals surface area contributed by atoms with Crippen LogP contribution in [0.4, 0.5) is 0 Å². The lowest BCUT2D eigenvalue weighted by Crippen LogP contribution is -2.41. The van der Waals surface area contributed by atoms with Crippen LogP contribution in [0.5, 0.6) is 0 Å². The van der Waals surface area contributed by atoms with Crippen LogP contribution >= 0.6 is 22.4 Å². The molecular formula is C27H50S2Si2. The van der Waals surface area contributed by atoms with Crippen molar-refractivity contribution >= 4 is 36.9 Å². The van der Waals surface area contributed by atoms with Crippen molar-refractivity contribution in [3.63, 3.8) is 0 Å². The fraction of sp³-hybridized carbons (Fsp3) is 0.704. The Morgan fingerprint density at radius 1 is 0.645 bits per heavy atom. The van der Waals surface area contributed by atoms with E-state index in [1.165, 1.54) is 5.56 Å². The van der Waals surface area contributed by atoms with E-state index in [0.29, 0.717) is 0 Å². The molecule has 0 atom stereocenters. The number of allylic oxidation sites excluding steroid dienone is 1. The summed E-state index contributed by atoms with van der Waals surface area (Å²) in [5.41, 5.74) is 6.08. The van der Waals surface area contributed by atoms with Gasteiger partial charge in [-0.1, -0.05) is 113 Å². The van der Waals surface area contributed by atoms with E-state index in [1.807, 2.05) is 0 Å². The van der Waals surface area contributed by atoms with E-state index in [9.17, 15) is 0 Å². The summed E-state index contributed by atoms with van der Waals surface area (Å²) in [6.07, 6.45) is 1.08. The van der Waals surface area contributed by atoms with Crippen LogP contribution in [0.15, 0.2) is 40.6 Å². The van der Waals surface area contributed by atoms with Crippen LogP contribution in [0, 0.1) is 0 Å². The number of hydrogen-bond donors (Lipinski definition) is 0. The highest BCUT2D eigenvalue weighted by atomic mass is 32.4. The molecule has 0 amide bonds. The fourth-order valence-corrected chi connectivity index (χ4v) is 24.9. The van der Waals surface area contributed by atoms with E-state index in [2.05, 4.69) is 141 Å². The molecule has 0 fully saturated rings. The third kappa shape index (κ3) is 6.80. The van der Waals surface area contributed by atoms with E-state index in [1.54, 1.807) is 4.91 Å². The van der Waals surface area contributed by atoms with Crippen molar-refractivity contribution in [3.8, 4) is 0 Å². The van der Waals surface area contributed by atoms with Gasteiger partial charge in [0.25, 0.3) is 0 Å². The second kappa shape index (κ2) is 12.5. The zero-order chi connectivity index (χ0) is 24.0. The Morgan fingerprint density at radius 2 is 1.03 bits per heavy atom. The van der Waals surface area contributed by atoms with Crippen LogP contribution in [0.3, 0.4) is 0 Å². The molecule has 0 N–H and O–H groups in total. The third-order valence-electron chi connectivity index (χ3n) is 7.34. The second-order valence-electron chi connectivity index (χ2n) is 11.1. The van der Waals surface area contributed by atoms with Gasteiger partial charge in [0.2, 0.25) is 0 Å². The summed E-state index contributed by atoms with van der Waals surface area (Å²) in [4.78, 5) is 1.62. The van der Waals surface area contributed by atoms with E-state index in [4.69, 9.17) is 0 Å². The standard InChI is InChI=1S/C27H50S2Si2/c1-20(2)30(21(3)4,22(5)6)28-19-27(18-26-16-14-13-15-17-26)29-31(23(7)8,24(9)10)25(11)12/h13-17,19-25H,18H2,1-12H3/b27-19+. The molecule has 4 heteroatoms. The van der Waals surface area contributed by atoms with Crippen LogP contribution < -0.4 is 0 Å². The van der Waals surface area contributed by atoms with Crippen LogP contribution in [-0.2, 0) is 6.42 Å². The molecule has 0 aliphatic heterocycles. The first-order valence-electron chi connectivity index (χ1n) is 12.4. The first-order chi connectivity index (χ1) is 14.3. The van der Waals surface area contributed by atoms with Crippen molar-refractivity contribution in [2.24, 2.45) is 0 Å². The van der Waals surface area contributed by atoms with Gasteiger partial charge in [-0.3, -0.25) is 0 Å². The molecule has 1 aromatic rings. The quantitative estimate of drug-likeness (QED) is 0.265. The monoisotopic (exact) mass is 494 g/mol. The summed E-state index contributed by atoms with van der Waals surface area (Å²) in [6.45, 7) is 29.8. The van der Waals surface area contributed by atoms with Crippen LogP contribution in [0.2, 0.25) is 33.2 Å². The summed E-state index contributed by atoms with van der Waals surface area (Å²) in [7, 11) is -3.09. The molecule has 0 nitrogen and oxygen atoms in total. The summed E-state index contributed by atoms with van der Waals surface area (Å²) in [5, 5.41) is 2.65. The normalized spacial score (nSPS) is 14.2. The number of hydrogen-bond acceptors (Lipinski definition) is 2. The third-order valence-corrected chi connectivity index (χ3v) is 31.9. The minimum atomic E-state index is -1.57.